The van der Waals surface area contributed by atoms with Crippen molar-refractivity contribution in [2.45, 2.75) is 32.1 Å². The van der Waals surface area contributed by atoms with Crippen LogP contribution in [0.5, 0.6) is 0 Å². The predicted octanol–water partition coefficient (Wildman–Crippen LogP) is 2.31. The molecule has 1 N–H and O–H groups in total. The number of halogens is 1. The first-order chi connectivity index (χ1) is 9.27. The molecule has 0 saturated heterocycles. The van der Waals surface area contributed by atoms with Crippen LogP contribution in [0.3, 0.4) is 0 Å². The predicted molar refractivity (Wildman–Crippen MR) is 73.9 cm³/mol. The molecule has 0 aromatic heterocycles. The summed E-state index contributed by atoms with van der Waals surface area (Å²) >= 11 is 5.57. The maximum Gasteiger partial charge on any atom is 0.305 e. The molecule has 5 nitrogen and oxygen atoms in total. The molecule has 0 radical (unpaired) electrons. The molecule has 0 aliphatic rings. The van der Waals surface area contributed by atoms with Crippen molar-refractivity contribution in [3.8, 4) is 0 Å². The fraction of sp³-hybridized carbons (Fsp3) is 0.923. The van der Waals surface area contributed by atoms with Crippen LogP contribution in [0, 0.1) is 0 Å². The van der Waals surface area contributed by atoms with Crippen molar-refractivity contribution in [1.82, 2.24) is 0 Å². The summed E-state index contributed by atoms with van der Waals surface area (Å²) in [6.07, 6.45) is 4.50. The van der Waals surface area contributed by atoms with Crippen LogP contribution in [-0.2, 0) is 19.0 Å². The SMILES string of the molecule is O=C(O)CCOCCOCCOCCCCCCCl. The zero-order valence-corrected chi connectivity index (χ0v) is 12.2. The molecule has 6 heteroatoms. The molecule has 0 aliphatic carbocycles. The van der Waals surface area contributed by atoms with Crippen LogP contribution >= 0.6 is 11.6 Å². The van der Waals surface area contributed by atoms with Gasteiger partial charge in [0.05, 0.1) is 39.5 Å². The smallest absolute Gasteiger partial charge is 0.305 e. The summed E-state index contributed by atoms with van der Waals surface area (Å²) < 4.78 is 15.7. The lowest BCUT2D eigenvalue weighted by molar-refractivity contribution is -0.138. The molecule has 0 fully saturated rings. The van der Waals surface area contributed by atoms with Crippen LogP contribution in [-0.4, -0.2) is 56.6 Å². The number of ether oxygens (including phenoxy) is 3. The van der Waals surface area contributed by atoms with E-state index in [1.165, 1.54) is 0 Å². The summed E-state index contributed by atoms with van der Waals surface area (Å²) in [5.74, 6) is -0.108. The number of unbranched alkanes of at least 4 members (excludes halogenated alkanes) is 3. The third kappa shape index (κ3) is 17.6. The van der Waals surface area contributed by atoms with Gasteiger partial charge in [0, 0.05) is 12.5 Å². The van der Waals surface area contributed by atoms with Crippen LogP contribution in [0.2, 0.25) is 0 Å². The van der Waals surface area contributed by atoms with E-state index in [2.05, 4.69) is 0 Å². The summed E-state index contributed by atoms with van der Waals surface area (Å²) in [6.45, 7) is 3.03. The summed E-state index contributed by atoms with van der Waals surface area (Å²) in [5.41, 5.74) is 0. The Bertz CT molecular complexity index is 201. The quantitative estimate of drug-likeness (QED) is 0.371. The normalized spacial score (nSPS) is 10.8. The Morgan fingerprint density at radius 2 is 1.32 bits per heavy atom. The van der Waals surface area contributed by atoms with E-state index in [1.54, 1.807) is 0 Å². The highest BCUT2D eigenvalue weighted by molar-refractivity contribution is 6.17. The van der Waals surface area contributed by atoms with Gasteiger partial charge in [-0.2, -0.15) is 0 Å². The fourth-order valence-corrected chi connectivity index (χ4v) is 1.54. The van der Waals surface area contributed by atoms with Crippen molar-refractivity contribution in [1.29, 1.82) is 0 Å². The van der Waals surface area contributed by atoms with E-state index < -0.39 is 5.97 Å². The standard InChI is InChI=1S/C13H25ClO5/c14-6-3-1-2-4-7-17-9-11-19-12-10-18-8-5-13(15)16/h1-12H2,(H,15,16). The average Bonchev–Trinajstić information content (AvgIpc) is 2.39. The molecule has 0 atom stereocenters. The Morgan fingerprint density at radius 1 is 0.789 bits per heavy atom. The third-order valence-electron chi connectivity index (χ3n) is 2.38. The van der Waals surface area contributed by atoms with Gasteiger partial charge in [0.1, 0.15) is 0 Å². The first kappa shape index (κ1) is 18.6. The second-order valence-electron chi connectivity index (χ2n) is 4.08. The summed E-state index contributed by atoms with van der Waals surface area (Å²) in [5, 5.41) is 8.37. The Kier molecular flexibility index (Phi) is 15.4. The zero-order chi connectivity index (χ0) is 14.2. The average molecular weight is 297 g/mol. The minimum atomic E-state index is -0.847. The van der Waals surface area contributed by atoms with E-state index in [0.29, 0.717) is 26.4 Å². The minimum absolute atomic E-state index is 0.0346. The lowest BCUT2D eigenvalue weighted by atomic mass is 10.2. The molecular weight excluding hydrogens is 272 g/mol. The van der Waals surface area contributed by atoms with E-state index in [9.17, 15) is 4.79 Å². The van der Waals surface area contributed by atoms with Crippen LogP contribution in [0.25, 0.3) is 0 Å². The van der Waals surface area contributed by atoms with Gasteiger partial charge in [-0.1, -0.05) is 12.8 Å². The first-order valence-electron chi connectivity index (χ1n) is 6.78. The number of hydrogen-bond donors (Lipinski definition) is 1. The number of alkyl halides is 1. The van der Waals surface area contributed by atoms with E-state index >= 15 is 0 Å². The molecule has 0 bridgehead atoms. The topological polar surface area (TPSA) is 65.0 Å². The fourth-order valence-electron chi connectivity index (χ4n) is 1.35. The van der Waals surface area contributed by atoms with Gasteiger partial charge >= 0.3 is 5.97 Å². The Morgan fingerprint density at radius 3 is 1.89 bits per heavy atom. The number of hydrogen-bond acceptors (Lipinski definition) is 4. The maximum absolute atomic E-state index is 10.2. The number of carbonyl (C=O) groups is 1. The van der Waals surface area contributed by atoms with Crippen LogP contribution in [0.1, 0.15) is 32.1 Å². The largest absolute Gasteiger partial charge is 0.481 e. The second kappa shape index (κ2) is 15.7. The van der Waals surface area contributed by atoms with Gasteiger partial charge in [-0.3, -0.25) is 4.79 Å². The monoisotopic (exact) mass is 296 g/mol. The van der Waals surface area contributed by atoms with E-state index in [-0.39, 0.29) is 13.0 Å². The van der Waals surface area contributed by atoms with E-state index in [0.717, 1.165) is 38.2 Å². The van der Waals surface area contributed by atoms with Gasteiger partial charge in [0.25, 0.3) is 0 Å². The molecule has 0 aliphatic heterocycles. The highest BCUT2D eigenvalue weighted by Crippen LogP contribution is 2.00. The minimum Gasteiger partial charge on any atom is -0.481 e. The molecule has 0 spiro atoms. The number of carboxylic acids is 1. The molecule has 0 amide bonds. The van der Waals surface area contributed by atoms with Crippen molar-refractivity contribution >= 4 is 17.6 Å². The third-order valence-corrected chi connectivity index (χ3v) is 2.64. The van der Waals surface area contributed by atoms with Crippen molar-refractivity contribution in [3.63, 3.8) is 0 Å². The van der Waals surface area contributed by atoms with E-state index in [4.69, 9.17) is 30.9 Å². The Hall–Kier alpha value is -0.360. The zero-order valence-electron chi connectivity index (χ0n) is 11.4. The first-order valence-corrected chi connectivity index (χ1v) is 7.32. The van der Waals surface area contributed by atoms with Crippen molar-refractivity contribution in [2.24, 2.45) is 0 Å². The van der Waals surface area contributed by atoms with Gasteiger partial charge < -0.3 is 19.3 Å². The Balaban J connectivity index is 2.93. The molecule has 0 saturated carbocycles. The maximum atomic E-state index is 10.2. The number of aliphatic carboxylic acids is 1. The summed E-state index contributed by atoms with van der Waals surface area (Å²) in [4.78, 5) is 10.2. The van der Waals surface area contributed by atoms with Gasteiger partial charge in [-0.15, -0.1) is 11.6 Å². The molecular formula is C13H25ClO5. The summed E-state index contributed by atoms with van der Waals surface area (Å²) in [6, 6.07) is 0. The van der Waals surface area contributed by atoms with Crippen molar-refractivity contribution in [3.05, 3.63) is 0 Å². The van der Waals surface area contributed by atoms with Gasteiger partial charge in [-0.05, 0) is 12.8 Å². The molecule has 0 heterocycles. The highest BCUT2D eigenvalue weighted by Gasteiger charge is 1.96. The van der Waals surface area contributed by atoms with Gasteiger partial charge in [0.15, 0.2) is 0 Å². The molecule has 19 heavy (non-hydrogen) atoms. The molecule has 0 rings (SSSR count). The lowest BCUT2D eigenvalue weighted by Crippen LogP contribution is -2.11. The van der Waals surface area contributed by atoms with E-state index in [1.807, 2.05) is 0 Å². The molecule has 114 valence electrons. The van der Waals surface area contributed by atoms with Crippen LogP contribution in [0.4, 0.5) is 0 Å². The van der Waals surface area contributed by atoms with Gasteiger partial charge in [-0.25, -0.2) is 0 Å². The van der Waals surface area contributed by atoms with Crippen molar-refractivity contribution < 1.29 is 24.1 Å². The van der Waals surface area contributed by atoms with Crippen LogP contribution < -0.4 is 0 Å². The Labute approximate surface area is 120 Å². The second-order valence-corrected chi connectivity index (χ2v) is 4.46. The lowest BCUT2D eigenvalue weighted by Gasteiger charge is -2.06. The van der Waals surface area contributed by atoms with Gasteiger partial charge in [0.2, 0.25) is 0 Å². The van der Waals surface area contributed by atoms with Crippen molar-refractivity contribution in [2.75, 3.05) is 45.5 Å². The molecule has 0 aromatic carbocycles. The number of carboxylic acid groups (broad SMARTS) is 1. The summed E-state index contributed by atoms with van der Waals surface area (Å²) in [7, 11) is 0. The number of rotatable bonds is 15. The highest BCUT2D eigenvalue weighted by atomic mass is 35.5. The molecule has 0 aromatic rings. The van der Waals surface area contributed by atoms with Crippen LogP contribution in [0.15, 0.2) is 0 Å². The molecule has 0 unspecified atom stereocenters.